The van der Waals surface area contributed by atoms with Gasteiger partial charge in [0.1, 0.15) is 11.4 Å². The first kappa shape index (κ1) is 25.9. The lowest BCUT2D eigenvalue weighted by Gasteiger charge is -2.04. The normalized spacial score (nSPS) is 11.6. The number of carbonyl (C=O) groups excluding carboxylic acids is 2. The third kappa shape index (κ3) is 6.10. The molecular formula is C22H24Cl2N2O5S. The van der Waals surface area contributed by atoms with Crippen LogP contribution in [0.1, 0.15) is 21.6 Å². The number of fused-ring (bicyclic) bond motifs is 1. The maximum atomic E-state index is 11.6. The van der Waals surface area contributed by atoms with E-state index in [1.807, 2.05) is 13.0 Å². The van der Waals surface area contributed by atoms with E-state index in [4.69, 9.17) is 34.0 Å². The van der Waals surface area contributed by atoms with Crippen molar-refractivity contribution in [3.63, 3.8) is 0 Å². The van der Waals surface area contributed by atoms with Crippen LogP contribution < -0.4 is 5.73 Å². The Hall–Kier alpha value is -2.39. The first-order valence-electron chi connectivity index (χ1n) is 9.49. The zero-order valence-corrected chi connectivity index (χ0v) is 20.2. The van der Waals surface area contributed by atoms with Crippen molar-refractivity contribution in [3.8, 4) is 0 Å². The Morgan fingerprint density at radius 1 is 1.16 bits per heavy atom. The number of benzene rings is 2. The summed E-state index contributed by atoms with van der Waals surface area (Å²) in [7, 11) is 1.68. The molecule has 1 aromatic heterocycles. The third-order valence-corrected chi connectivity index (χ3v) is 7.00. The summed E-state index contributed by atoms with van der Waals surface area (Å²) in [6, 6.07) is 10.5. The Labute approximate surface area is 198 Å². The second kappa shape index (κ2) is 11.5. The average Bonchev–Trinajstić information content (AvgIpc) is 3.10. The van der Waals surface area contributed by atoms with Crippen molar-refractivity contribution in [2.45, 2.75) is 18.2 Å². The van der Waals surface area contributed by atoms with Crippen LogP contribution in [0.5, 0.6) is 0 Å². The molecule has 172 valence electrons. The molecule has 1 unspecified atom stereocenters. The van der Waals surface area contributed by atoms with E-state index in [2.05, 4.69) is 4.74 Å². The number of nitrogens with two attached hydrogens (primary N) is 1. The summed E-state index contributed by atoms with van der Waals surface area (Å²) in [5.41, 5.74) is 8.38. The molecule has 7 nitrogen and oxygen atoms in total. The van der Waals surface area contributed by atoms with Crippen molar-refractivity contribution in [1.82, 2.24) is 4.57 Å². The van der Waals surface area contributed by atoms with Gasteiger partial charge in [0.25, 0.3) is 5.91 Å². The fraction of sp³-hybridized carbons (Fsp3) is 0.273. The number of nitrogens with zero attached hydrogens (tertiary/aromatic N) is 1. The second-order valence-corrected chi connectivity index (χ2v) is 9.10. The van der Waals surface area contributed by atoms with Gasteiger partial charge in [-0.2, -0.15) is 0 Å². The highest BCUT2D eigenvalue weighted by Crippen LogP contribution is 2.35. The van der Waals surface area contributed by atoms with Crippen LogP contribution in [0.15, 0.2) is 41.3 Å². The monoisotopic (exact) mass is 498 g/mol. The van der Waals surface area contributed by atoms with Crippen LogP contribution in [0.4, 0.5) is 0 Å². The highest BCUT2D eigenvalue weighted by molar-refractivity contribution is 7.85. The molecule has 0 radical (unpaired) electrons. The highest BCUT2D eigenvalue weighted by atomic mass is 35.5. The minimum absolute atomic E-state index is 0.0879. The van der Waals surface area contributed by atoms with Crippen molar-refractivity contribution < 1.29 is 23.6 Å². The molecule has 0 bridgehead atoms. The number of rotatable bonds is 6. The molecule has 1 heterocycles. The van der Waals surface area contributed by atoms with Gasteiger partial charge in [0.2, 0.25) is 0 Å². The molecule has 0 saturated carbocycles. The number of aliphatic hydroxyl groups is 1. The van der Waals surface area contributed by atoms with Gasteiger partial charge in [-0.25, -0.2) is 0 Å². The van der Waals surface area contributed by atoms with Gasteiger partial charge in [-0.3, -0.25) is 13.8 Å². The SMILES string of the molecule is COC(=O)CS(=O)c1ccc(CCO)cc1.Cc1cc2c(cc(C(N)=O)n2C)c(Cl)c1Cl. The number of methoxy groups -OCH3 is 1. The standard InChI is InChI=1S/C11H10Cl2N2O.C11H14O4S/c1-5-3-7-6(10(13)9(5)12)4-8(11(14)16)15(7)2;1-15-11(13)8-16(14)10-4-2-9(3-5-10)6-7-12/h3-4H,1-2H3,(H2,14,16);2-5,12H,6-8H2,1H3. The predicted octanol–water partition coefficient (Wildman–Crippen LogP) is 3.39. The van der Waals surface area contributed by atoms with E-state index in [1.165, 1.54) is 7.11 Å². The van der Waals surface area contributed by atoms with E-state index in [9.17, 15) is 13.8 Å². The van der Waals surface area contributed by atoms with Crippen LogP contribution >= 0.6 is 23.2 Å². The number of hydrogen-bond donors (Lipinski definition) is 2. The van der Waals surface area contributed by atoms with Crippen molar-refractivity contribution in [2.24, 2.45) is 12.8 Å². The fourth-order valence-electron chi connectivity index (χ4n) is 2.95. The number of aryl methyl sites for hydroxylation is 2. The summed E-state index contributed by atoms with van der Waals surface area (Å²) in [5.74, 6) is -1.10. The summed E-state index contributed by atoms with van der Waals surface area (Å²) in [6.07, 6.45) is 0.573. The number of primary amides is 1. The fourth-order valence-corrected chi connectivity index (χ4v) is 4.35. The Balaban J connectivity index is 0.000000227. The van der Waals surface area contributed by atoms with E-state index in [1.54, 1.807) is 41.9 Å². The summed E-state index contributed by atoms with van der Waals surface area (Å²) in [6.45, 7) is 1.95. The smallest absolute Gasteiger partial charge is 0.318 e. The van der Waals surface area contributed by atoms with Crippen LogP contribution in [0.3, 0.4) is 0 Å². The first-order valence-corrected chi connectivity index (χ1v) is 11.6. The summed E-state index contributed by atoms with van der Waals surface area (Å²) >= 11 is 12.2. The van der Waals surface area contributed by atoms with Gasteiger partial charge in [0.15, 0.2) is 0 Å². The number of halogens is 2. The molecule has 0 aliphatic carbocycles. The van der Waals surface area contributed by atoms with Crippen LogP contribution in [0.2, 0.25) is 10.0 Å². The molecule has 0 aliphatic heterocycles. The van der Waals surface area contributed by atoms with Crippen molar-refractivity contribution in [1.29, 1.82) is 0 Å². The van der Waals surface area contributed by atoms with E-state index >= 15 is 0 Å². The average molecular weight is 499 g/mol. The van der Waals surface area contributed by atoms with Crippen LogP contribution in [-0.4, -0.2) is 45.2 Å². The molecule has 0 saturated heterocycles. The number of aliphatic hydroxyl groups excluding tert-OH is 1. The molecule has 0 spiro atoms. The second-order valence-electron chi connectivity index (χ2n) is 6.89. The molecule has 0 fully saturated rings. The van der Waals surface area contributed by atoms with Gasteiger partial charge >= 0.3 is 5.97 Å². The molecule has 3 N–H and O–H groups in total. The van der Waals surface area contributed by atoms with Gasteiger partial charge in [-0.1, -0.05) is 35.3 Å². The minimum Gasteiger partial charge on any atom is -0.468 e. The van der Waals surface area contributed by atoms with Crippen LogP contribution in [0.25, 0.3) is 10.9 Å². The molecule has 1 atom stereocenters. The Bertz CT molecular complexity index is 1160. The Morgan fingerprint density at radius 3 is 2.31 bits per heavy atom. The van der Waals surface area contributed by atoms with Gasteiger partial charge in [0.05, 0.1) is 33.5 Å². The zero-order valence-electron chi connectivity index (χ0n) is 17.9. The van der Waals surface area contributed by atoms with E-state index < -0.39 is 22.7 Å². The largest absolute Gasteiger partial charge is 0.468 e. The number of hydrogen-bond acceptors (Lipinski definition) is 5. The quantitative estimate of drug-likeness (QED) is 0.505. The van der Waals surface area contributed by atoms with E-state index in [-0.39, 0.29) is 12.4 Å². The maximum absolute atomic E-state index is 11.6. The molecule has 2 aromatic carbocycles. The van der Waals surface area contributed by atoms with Crippen molar-refractivity contribution in [2.75, 3.05) is 19.5 Å². The first-order chi connectivity index (χ1) is 15.1. The molecule has 0 aliphatic rings. The van der Waals surface area contributed by atoms with Gasteiger partial charge in [0, 0.05) is 23.9 Å². The van der Waals surface area contributed by atoms with Crippen LogP contribution in [-0.2, 0) is 33.8 Å². The lowest BCUT2D eigenvalue weighted by Crippen LogP contribution is -2.14. The van der Waals surface area contributed by atoms with Crippen molar-refractivity contribution in [3.05, 3.63) is 63.3 Å². The van der Waals surface area contributed by atoms with Crippen molar-refractivity contribution >= 4 is 56.8 Å². The van der Waals surface area contributed by atoms with Gasteiger partial charge in [-0.05, 0) is 48.7 Å². The third-order valence-electron chi connectivity index (χ3n) is 4.72. The number of ether oxygens (including phenoxy) is 1. The lowest BCUT2D eigenvalue weighted by molar-refractivity contribution is -0.137. The number of aromatic nitrogens is 1. The molecule has 3 aromatic rings. The number of amides is 1. The molecule has 3 rings (SSSR count). The summed E-state index contributed by atoms with van der Waals surface area (Å²) in [4.78, 5) is 22.7. The minimum atomic E-state index is -1.36. The zero-order chi connectivity index (χ0) is 24.0. The number of esters is 1. The molecule has 32 heavy (non-hydrogen) atoms. The lowest BCUT2D eigenvalue weighted by atomic mass is 10.2. The highest BCUT2D eigenvalue weighted by Gasteiger charge is 2.15. The summed E-state index contributed by atoms with van der Waals surface area (Å²) < 4.78 is 17.8. The summed E-state index contributed by atoms with van der Waals surface area (Å²) in [5, 5.41) is 10.4. The van der Waals surface area contributed by atoms with Gasteiger partial charge < -0.3 is 20.1 Å². The topological polar surface area (TPSA) is 112 Å². The maximum Gasteiger partial charge on any atom is 0.318 e. The van der Waals surface area contributed by atoms with Gasteiger partial charge in [-0.15, -0.1) is 0 Å². The van der Waals surface area contributed by atoms with E-state index in [0.29, 0.717) is 27.1 Å². The molecule has 10 heteroatoms. The Morgan fingerprint density at radius 2 is 1.78 bits per heavy atom. The van der Waals surface area contributed by atoms with E-state index in [0.717, 1.165) is 22.0 Å². The van der Waals surface area contributed by atoms with Crippen LogP contribution in [0, 0.1) is 6.92 Å². The predicted molar refractivity (Wildman–Crippen MR) is 127 cm³/mol. The Kier molecular flexibility index (Phi) is 9.27. The molecule has 1 amide bonds. The molecular weight excluding hydrogens is 475 g/mol. The number of carbonyl (C=O) groups is 2.